The second-order valence-electron chi connectivity index (χ2n) is 5.28. The monoisotopic (exact) mass is 396 g/mol. The third-order valence-electron chi connectivity index (χ3n) is 3.56. The smallest absolute Gasteiger partial charge is 0.230 e. The lowest BCUT2D eigenvalue weighted by Crippen LogP contribution is -2.26. The Morgan fingerprint density at radius 3 is 2.80 bits per heavy atom. The van der Waals surface area contributed by atoms with Gasteiger partial charge in [-0.2, -0.15) is 0 Å². The number of thiazole rings is 1. The zero-order valence-electron chi connectivity index (χ0n) is 13.5. The molecule has 0 radical (unpaired) electrons. The van der Waals surface area contributed by atoms with Gasteiger partial charge < -0.3 is 0 Å². The fraction of sp³-hybridized carbons (Fsp3) is 0.235. The Kier molecular flexibility index (Phi) is 5.73. The van der Waals surface area contributed by atoms with E-state index in [0.717, 1.165) is 20.3 Å². The third-order valence-corrected chi connectivity index (χ3v) is 7.06. The largest absolute Gasteiger partial charge is 0.240 e. The van der Waals surface area contributed by atoms with E-state index in [-0.39, 0.29) is 17.3 Å². The highest BCUT2D eigenvalue weighted by atomic mass is 32.2. The Bertz CT molecular complexity index is 986. The first kappa shape index (κ1) is 18.3. The van der Waals surface area contributed by atoms with Crippen molar-refractivity contribution in [1.82, 2.24) is 9.71 Å². The van der Waals surface area contributed by atoms with Crippen LogP contribution < -0.4 is 4.72 Å². The molecule has 0 aliphatic heterocycles. The summed E-state index contributed by atoms with van der Waals surface area (Å²) in [6.07, 6.45) is 0.298. The van der Waals surface area contributed by atoms with Crippen LogP contribution in [0.3, 0.4) is 0 Å². The van der Waals surface area contributed by atoms with E-state index < -0.39 is 10.0 Å². The molecule has 0 saturated carbocycles. The number of aromatic nitrogens is 1. The van der Waals surface area contributed by atoms with E-state index in [1.54, 1.807) is 48.2 Å². The van der Waals surface area contributed by atoms with E-state index in [1.807, 2.05) is 6.92 Å². The third kappa shape index (κ3) is 4.38. The number of nitrogens with zero attached hydrogens (tertiary/aromatic N) is 1. The second-order valence-corrected chi connectivity index (χ2v) is 9.59. The lowest BCUT2D eigenvalue weighted by Gasteiger charge is -2.07. The highest BCUT2D eigenvalue weighted by molar-refractivity contribution is 8.01. The molecule has 0 aliphatic carbocycles. The first-order chi connectivity index (χ1) is 12.0. The molecule has 0 unspecified atom stereocenters. The highest BCUT2D eigenvalue weighted by Gasteiger charge is 2.16. The van der Waals surface area contributed by atoms with Gasteiger partial charge in [0.2, 0.25) is 10.0 Å². The number of hydrogen-bond donors (Lipinski definition) is 1. The van der Waals surface area contributed by atoms with Crippen LogP contribution in [-0.2, 0) is 16.4 Å². The summed E-state index contributed by atoms with van der Waals surface area (Å²) in [6, 6.07) is 11.3. The van der Waals surface area contributed by atoms with Crippen LogP contribution in [0.2, 0.25) is 0 Å². The van der Waals surface area contributed by atoms with Crippen molar-refractivity contribution >= 4 is 43.3 Å². The van der Waals surface area contributed by atoms with E-state index >= 15 is 0 Å². The topological polar surface area (TPSA) is 59.1 Å². The van der Waals surface area contributed by atoms with Crippen LogP contribution in [0.1, 0.15) is 12.5 Å². The summed E-state index contributed by atoms with van der Waals surface area (Å²) in [5.74, 6) is 0.594. The summed E-state index contributed by atoms with van der Waals surface area (Å²) in [6.45, 7) is 2.19. The molecular weight excluding hydrogens is 379 g/mol. The predicted octanol–water partition coefficient (Wildman–Crippen LogP) is 4.07. The number of rotatable bonds is 7. The molecule has 0 amide bonds. The molecule has 1 N–H and O–H groups in total. The van der Waals surface area contributed by atoms with Crippen molar-refractivity contribution in [3.63, 3.8) is 0 Å². The van der Waals surface area contributed by atoms with Gasteiger partial charge in [0.1, 0.15) is 5.82 Å². The predicted molar refractivity (Wildman–Crippen MR) is 101 cm³/mol. The summed E-state index contributed by atoms with van der Waals surface area (Å²) in [4.78, 5) is 4.66. The first-order valence-electron chi connectivity index (χ1n) is 7.76. The van der Waals surface area contributed by atoms with Gasteiger partial charge in [-0.15, -0.1) is 11.3 Å². The molecule has 1 aromatic heterocycles. The maximum Gasteiger partial charge on any atom is 0.240 e. The number of fused-ring (bicyclic) bond motifs is 1. The summed E-state index contributed by atoms with van der Waals surface area (Å²) in [7, 11) is -3.64. The van der Waals surface area contributed by atoms with Crippen LogP contribution in [-0.4, -0.2) is 25.7 Å². The number of nitrogens with one attached hydrogen (secondary N) is 1. The lowest BCUT2D eigenvalue weighted by molar-refractivity contribution is 0.577. The Morgan fingerprint density at radius 1 is 1.24 bits per heavy atom. The van der Waals surface area contributed by atoms with Crippen molar-refractivity contribution in [1.29, 1.82) is 0 Å². The molecule has 0 fully saturated rings. The molecule has 0 bridgehead atoms. The van der Waals surface area contributed by atoms with Gasteiger partial charge in [0.15, 0.2) is 4.34 Å². The van der Waals surface area contributed by atoms with Crippen molar-refractivity contribution in [2.75, 3.05) is 12.3 Å². The summed E-state index contributed by atoms with van der Waals surface area (Å²) in [5.41, 5.74) is 1.29. The molecule has 3 rings (SSSR count). The number of benzene rings is 2. The maximum absolute atomic E-state index is 13.6. The van der Waals surface area contributed by atoms with Crippen LogP contribution in [0.15, 0.2) is 51.7 Å². The molecule has 132 valence electrons. The summed E-state index contributed by atoms with van der Waals surface area (Å²) in [5, 5.41) is 0. The molecule has 8 heteroatoms. The van der Waals surface area contributed by atoms with Crippen molar-refractivity contribution in [3.8, 4) is 0 Å². The number of hydrogen-bond acceptors (Lipinski definition) is 5. The van der Waals surface area contributed by atoms with Crippen molar-refractivity contribution in [3.05, 3.63) is 53.8 Å². The molecule has 0 spiro atoms. The quantitative estimate of drug-likeness (QED) is 0.612. The summed E-state index contributed by atoms with van der Waals surface area (Å²) < 4.78 is 42.8. The van der Waals surface area contributed by atoms with Gasteiger partial charge in [0, 0.05) is 6.54 Å². The Labute approximate surface area is 154 Å². The number of thioether (sulfide) groups is 1. The Hall–Kier alpha value is -1.48. The molecule has 3 aromatic rings. The fourth-order valence-electron chi connectivity index (χ4n) is 2.34. The van der Waals surface area contributed by atoms with Crippen LogP contribution in [0.5, 0.6) is 0 Å². The van der Waals surface area contributed by atoms with E-state index in [1.165, 1.54) is 17.4 Å². The summed E-state index contributed by atoms with van der Waals surface area (Å²) >= 11 is 3.12. The molecule has 25 heavy (non-hydrogen) atoms. The minimum Gasteiger partial charge on any atom is -0.230 e. The molecular formula is C17H17FN2O2S3. The minimum atomic E-state index is -3.64. The van der Waals surface area contributed by atoms with Crippen LogP contribution in [0.25, 0.3) is 10.2 Å². The second kappa shape index (κ2) is 7.82. The molecule has 0 aliphatic rings. The van der Waals surface area contributed by atoms with Gasteiger partial charge in [-0.05, 0) is 42.0 Å². The van der Waals surface area contributed by atoms with Crippen molar-refractivity contribution in [2.45, 2.75) is 22.6 Å². The maximum atomic E-state index is 13.6. The van der Waals surface area contributed by atoms with Crippen LogP contribution in [0, 0.1) is 5.82 Å². The fourth-order valence-corrected chi connectivity index (χ4v) is 5.48. The highest BCUT2D eigenvalue weighted by Crippen LogP contribution is 2.30. The van der Waals surface area contributed by atoms with E-state index in [9.17, 15) is 12.8 Å². The SMILES string of the molecule is CCSc1nc2ccc(S(=O)(=O)NCCc3ccccc3F)cc2s1. The van der Waals surface area contributed by atoms with Crippen molar-refractivity contribution in [2.24, 2.45) is 0 Å². The Morgan fingerprint density at radius 2 is 2.04 bits per heavy atom. The Balaban J connectivity index is 1.73. The van der Waals surface area contributed by atoms with Gasteiger partial charge >= 0.3 is 0 Å². The molecule has 0 atom stereocenters. The normalized spacial score (nSPS) is 11.9. The minimum absolute atomic E-state index is 0.140. The van der Waals surface area contributed by atoms with E-state index in [4.69, 9.17) is 0 Å². The molecule has 4 nitrogen and oxygen atoms in total. The lowest BCUT2D eigenvalue weighted by atomic mass is 10.1. The van der Waals surface area contributed by atoms with Gasteiger partial charge in [-0.1, -0.05) is 36.9 Å². The number of halogens is 1. The zero-order valence-corrected chi connectivity index (χ0v) is 16.0. The molecule has 0 saturated heterocycles. The van der Waals surface area contributed by atoms with Gasteiger partial charge in [-0.3, -0.25) is 0 Å². The van der Waals surface area contributed by atoms with Gasteiger partial charge in [-0.25, -0.2) is 22.5 Å². The van der Waals surface area contributed by atoms with Gasteiger partial charge in [0.05, 0.1) is 15.1 Å². The average molecular weight is 397 g/mol. The molecule has 2 aromatic carbocycles. The standard InChI is InChI=1S/C17H17FN2O2S3/c1-2-23-17-20-15-8-7-13(11-16(15)24-17)25(21,22)19-10-9-12-5-3-4-6-14(12)18/h3-8,11,19H,2,9-10H2,1H3. The van der Waals surface area contributed by atoms with E-state index in [2.05, 4.69) is 9.71 Å². The van der Waals surface area contributed by atoms with Crippen molar-refractivity contribution < 1.29 is 12.8 Å². The first-order valence-corrected chi connectivity index (χ1v) is 11.0. The van der Waals surface area contributed by atoms with Crippen LogP contribution >= 0.6 is 23.1 Å². The van der Waals surface area contributed by atoms with Crippen LogP contribution in [0.4, 0.5) is 4.39 Å². The average Bonchev–Trinajstić information content (AvgIpc) is 2.98. The number of sulfonamides is 1. The van der Waals surface area contributed by atoms with E-state index in [0.29, 0.717) is 12.0 Å². The van der Waals surface area contributed by atoms with Gasteiger partial charge in [0.25, 0.3) is 0 Å². The zero-order chi connectivity index (χ0) is 17.9. The molecule has 1 heterocycles.